The van der Waals surface area contributed by atoms with E-state index in [1.807, 2.05) is 30.3 Å². The second-order valence-corrected chi connectivity index (χ2v) is 4.74. The highest BCUT2D eigenvalue weighted by Gasteiger charge is 2.33. The summed E-state index contributed by atoms with van der Waals surface area (Å²) in [5.41, 5.74) is 0.0812. The fourth-order valence-electron chi connectivity index (χ4n) is 2.24. The molecule has 0 aliphatic carbocycles. The van der Waals surface area contributed by atoms with Gasteiger partial charge in [-0.25, -0.2) is 14.6 Å². The van der Waals surface area contributed by atoms with E-state index >= 15 is 0 Å². The summed E-state index contributed by atoms with van der Waals surface area (Å²) in [7, 11) is 1.23. The van der Waals surface area contributed by atoms with Gasteiger partial charge in [0.05, 0.1) is 20.0 Å². The summed E-state index contributed by atoms with van der Waals surface area (Å²) >= 11 is 0. The number of ether oxygens (including phenoxy) is 3. The van der Waals surface area contributed by atoms with Crippen LogP contribution in [0.25, 0.3) is 0 Å². The number of carbonyl (C=O) groups is 2. The van der Waals surface area contributed by atoms with Gasteiger partial charge in [0.1, 0.15) is 12.4 Å². The quantitative estimate of drug-likeness (QED) is 0.792. The number of aromatic nitrogens is 2. The lowest BCUT2D eigenvalue weighted by atomic mass is 10.2. The molecule has 0 bridgehead atoms. The molecule has 1 unspecified atom stereocenters. The van der Waals surface area contributed by atoms with Gasteiger partial charge in [-0.3, -0.25) is 0 Å². The number of imidazole rings is 1. The Bertz CT molecular complexity index is 695. The standard InChI is InChI=1S/C15H14N2O5/c1-20-14(18)12-13-15(19)22-11(7-17(13)9-16-12)8-21-10-5-3-2-4-6-10/h2-6,9,11H,7-8H2,1H3. The van der Waals surface area contributed by atoms with Crippen LogP contribution in [0.1, 0.15) is 21.0 Å². The lowest BCUT2D eigenvalue weighted by molar-refractivity contribution is 0.00181. The summed E-state index contributed by atoms with van der Waals surface area (Å²) in [6.45, 7) is 0.596. The Hall–Kier alpha value is -2.83. The van der Waals surface area contributed by atoms with Crippen molar-refractivity contribution in [2.24, 2.45) is 0 Å². The third kappa shape index (κ3) is 2.65. The lowest BCUT2D eigenvalue weighted by Gasteiger charge is -2.24. The highest BCUT2D eigenvalue weighted by Crippen LogP contribution is 2.19. The van der Waals surface area contributed by atoms with E-state index < -0.39 is 18.0 Å². The van der Waals surface area contributed by atoms with Crippen LogP contribution in [0, 0.1) is 0 Å². The number of carbonyl (C=O) groups excluding carboxylic acids is 2. The largest absolute Gasteiger partial charge is 0.490 e. The van der Waals surface area contributed by atoms with E-state index in [1.54, 1.807) is 4.57 Å². The van der Waals surface area contributed by atoms with E-state index in [0.717, 1.165) is 0 Å². The zero-order valence-electron chi connectivity index (χ0n) is 11.9. The second kappa shape index (κ2) is 5.88. The smallest absolute Gasteiger partial charge is 0.359 e. The molecule has 1 aliphatic heterocycles. The first-order valence-corrected chi connectivity index (χ1v) is 6.71. The van der Waals surface area contributed by atoms with Crippen LogP contribution in [-0.2, 0) is 16.0 Å². The van der Waals surface area contributed by atoms with Crippen molar-refractivity contribution in [3.63, 3.8) is 0 Å². The number of benzene rings is 1. The van der Waals surface area contributed by atoms with Gasteiger partial charge >= 0.3 is 11.9 Å². The highest BCUT2D eigenvalue weighted by atomic mass is 16.6. The molecule has 0 saturated carbocycles. The molecule has 2 heterocycles. The average molecular weight is 302 g/mol. The maximum Gasteiger partial charge on any atom is 0.359 e. The molecule has 1 aromatic carbocycles. The maximum atomic E-state index is 12.1. The number of hydrogen-bond acceptors (Lipinski definition) is 6. The fraction of sp³-hybridized carbons (Fsp3) is 0.267. The molecule has 0 spiro atoms. The molecule has 0 fully saturated rings. The van der Waals surface area contributed by atoms with Crippen molar-refractivity contribution in [1.82, 2.24) is 9.55 Å². The van der Waals surface area contributed by atoms with Crippen LogP contribution in [0.5, 0.6) is 5.75 Å². The minimum absolute atomic E-state index is 0.0325. The Balaban J connectivity index is 1.71. The Labute approximate surface area is 126 Å². The van der Waals surface area contributed by atoms with E-state index in [9.17, 15) is 9.59 Å². The molecule has 2 aromatic rings. The second-order valence-electron chi connectivity index (χ2n) is 4.74. The molecule has 0 amide bonds. The molecule has 114 valence electrons. The summed E-state index contributed by atoms with van der Waals surface area (Å²) < 4.78 is 17.1. The molecule has 0 N–H and O–H groups in total. The van der Waals surface area contributed by atoms with Crippen molar-refractivity contribution in [3.8, 4) is 5.75 Å². The monoisotopic (exact) mass is 302 g/mol. The molecule has 1 atom stereocenters. The van der Waals surface area contributed by atoms with E-state index in [0.29, 0.717) is 12.3 Å². The van der Waals surface area contributed by atoms with E-state index in [-0.39, 0.29) is 18.0 Å². The van der Waals surface area contributed by atoms with Gasteiger partial charge < -0.3 is 18.8 Å². The fourth-order valence-corrected chi connectivity index (χ4v) is 2.24. The van der Waals surface area contributed by atoms with E-state index in [4.69, 9.17) is 9.47 Å². The number of rotatable bonds is 4. The van der Waals surface area contributed by atoms with Crippen LogP contribution in [0.4, 0.5) is 0 Å². The van der Waals surface area contributed by atoms with Crippen molar-refractivity contribution >= 4 is 11.9 Å². The molecule has 0 saturated heterocycles. The van der Waals surface area contributed by atoms with E-state index in [2.05, 4.69) is 9.72 Å². The Morgan fingerprint density at radius 3 is 2.91 bits per heavy atom. The zero-order chi connectivity index (χ0) is 15.5. The number of fused-ring (bicyclic) bond motifs is 1. The van der Waals surface area contributed by atoms with Gasteiger partial charge in [-0.15, -0.1) is 0 Å². The molecular weight excluding hydrogens is 288 g/mol. The van der Waals surface area contributed by atoms with Gasteiger partial charge in [-0.2, -0.15) is 0 Å². The molecule has 0 radical (unpaired) electrons. The number of esters is 2. The van der Waals surface area contributed by atoms with Crippen LogP contribution in [0.15, 0.2) is 36.7 Å². The lowest BCUT2D eigenvalue weighted by Crippen LogP contribution is -2.36. The number of methoxy groups -OCH3 is 1. The molecule has 7 nitrogen and oxygen atoms in total. The first-order valence-electron chi connectivity index (χ1n) is 6.71. The van der Waals surface area contributed by atoms with Gasteiger partial charge in [0.2, 0.25) is 0 Å². The van der Waals surface area contributed by atoms with Crippen molar-refractivity contribution in [2.75, 3.05) is 13.7 Å². The third-order valence-electron chi connectivity index (χ3n) is 3.26. The van der Waals surface area contributed by atoms with Crippen LogP contribution >= 0.6 is 0 Å². The topological polar surface area (TPSA) is 79.7 Å². The Morgan fingerprint density at radius 1 is 1.41 bits per heavy atom. The summed E-state index contributed by atoms with van der Waals surface area (Å²) in [4.78, 5) is 27.5. The summed E-state index contributed by atoms with van der Waals surface area (Å²) in [6, 6.07) is 9.25. The Morgan fingerprint density at radius 2 is 2.18 bits per heavy atom. The van der Waals surface area contributed by atoms with Crippen molar-refractivity contribution in [1.29, 1.82) is 0 Å². The number of nitrogens with zero attached hydrogens (tertiary/aromatic N) is 2. The van der Waals surface area contributed by atoms with Crippen molar-refractivity contribution in [2.45, 2.75) is 12.6 Å². The number of hydrogen-bond donors (Lipinski definition) is 0. The number of para-hydroxylation sites is 1. The third-order valence-corrected chi connectivity index (χ3v) is 3.26. The SMILES string of the molecule is COC(=O)c1ncn2c1C(=O)OC(COc1ccccc1)C2. The van der Waals surface area contributed by atoms with Gasteiger partial charge in [0.15, 0.2) is 17.5 Å². The van der Waals surface area contributed by atoms with Gasteiger partial charge in [0.25, 0.3) is 0 Å². The molecule has 7 heteroatoms. The minimum Gasteiger partial charge on any atom is -0.490 e. The van der Waals surface area contributed by atoms with Crippen molar-refractivity contribution in [3.05, 3.63) is 48.0 Å². The maximum absolute atomic E-state index is 12.1. The number of cyclic esters (lactones) is 1. The first-order chi connectivity index (χ1) is 10.7. The molecule has 1 aromatic heterocycles. The Kier molecular flexibility index (Phi) is 3.78. The van der Waals surface area contributed by atoms with Gasteiger partial charge in [-0.1, -0.05) is 18.2 Å². The van der Waals surface area contributed by atoms with Crippen LogP contribution in [0.3, 0.4) is 0 Å². The molecule has 1 aliphatic rings. The van der Waals surface area contributed by atoms with Gasteiger partial charge in [0, 0.05) is 0 Å². The van der Waals surface area contributed by atoms with Gasteiger partial charge in [-0.05, 0) is 12.1 Å². The van der Waals surface area contributed by atoms with Crippen LogP contribution in [-0.4, -0.2) is 41.3 Å². The predicted octanol–water partition coefficient (Wildman–Crippen LogP) is 1.29. The van der Waals surface area contributed by atoms with E-state index in [1.165, 1.54) is 13.4 Å². The summed E-state index contributed by atoms with van der Waals surface area (Å²) in [6.07, 6.45) is 0.984. The molecule has 22 heavy (non-hydrogen) atoms. The zero-order valence-corrected chi connectivity index (χ0v) is 11.9. The van der Waals surface area contributed by atoms with Crippen LogP contribution in [0.2, 0.25) is 0 Å². The van der Waals surface area contributed by atoms with Crippen molar-refractivity contribution < 1.29 is 23.8 Å². The molecule has 3 rings (SSSR count). The summed E-state index contributed by atoms with van der Waals surface area (Å²) in [5.74, 6) is -0.569. The highest BCUT2D eigenvalue weighted by molar-refractivity contribution is 6.01. The van der Waals surface area contributed by atoms with Crippen LogP contribution < -0.4 is 4.74 Å². The normalized spacial score (nSPS) is 16.6. The average Bonchev–Trinajstić information content (AvgIpc) is 2.98. The minimum atomic E-state index is -0.662. The first kappa shape index (κ1) is 14.1. The molecular formula is C15H14N2O5. The summed E-state index contributed by atoms with van der Waals surface area (Å²) in [5, 5.41) is 0. The predicted molar refractivity (Wildman–Crippen MR) is 74.7 cm³/mol.